The number of aliphatic carboxylic acids is 1. The fourth-order valence-electron chi connectivity index (χ4n) is 2.32. The Morgan fingerprint density at radius 2 is 1.88 bits per heavy atom. The van der Waals surface area contributed by atoms with Gasteiger partial charge < -0.3 is 14.6 Å². The number of carboxylic acid groups (broad SMARTS) is 1. The van der Waals surface area contributed by atoms with Crippen LogP contribution in [-0.2, 0) is 24.4 Å². The molecule has 0 fully saturated rings. The summed E-state index contributed by atoms with van der Waals surface area (Å²) in [4.78, 5) is 23.3. The molecule has 0 aromatic rings. The Balaban J connectivity index is 0. The molecule has 0 radical (unpaired) electrons. The Labute approximate surface area is 165 Å². The molecule has 0 spiro atoms. The summed E-state index contributed by atoms with van der Waals surface area (Å²) < 4.78 is 35.5. The van der Waals surface area contributed by atoms with E-state index in [0.717, 1.165) is 19.3 Å². The Kier molecular flexibility index (Phi) is 12.9. The normalized spacial score (nSPS) is 15.3. The Hall–Kier alpha value is -0.410. The molecule has 0 aliphatic rings. The van der Waals surface area contributed by atoms with E-state index in [-0.39, 0.29) is 36.2 Å². The maximum absolute atomic E-state index is 12.3. The molecule has 0 saturated carbocycles. The van der Waals surface area contributed by atoms with Crippen LogP contribution in [0.1, 0.15) is 52.9 Å². The molecule has 24 heavy (non-hydrogen) atoms. The van der Waals surface area contributed by atoms with Gasteiger partial charge in [-0.1, -0.05) is 45.3 Å². The number of allylic oxidation sites excluding steroid dienone is 2. The summed E-state index contributed by atoms with van der Waals surface area (Å²) in [5.74, 6) is -4.13. The van der Waals surface area contributed by atoms with Gasteiger partial charge in [0.2, 0.25) is 4.75 Å². The predicted molar refractivity (Wildman–Crippen MR) is 83.0 cm³/mol. The Morgan fingerprint density at radius 1 is 1.29 bits per heavy atom. The second-order valence-electron chi connectivity index (χ2n) is 5.42. The van der Waals surface area contributed by atoms with Crippen LogP contribution in [-0.4, -0.2) is 36.3 Å². The standard InChI is InChI=1S/C15H26O7S.Na/c1-4-6-7-8-10-22-14(18)15(11-13(16)17,23(19,20)21)12(3)9-5-2;/h5,9,12H,4,6-8,10-11H2,1-3H3,(H,16,17)(H,19,20,21);/q;+1/p-1. The summed E-state index contributed by atoms with van der Waals surface area (Å²) in [6, 6.07) is 0. The Morgan fingerprint density at radius 3 is 2.29 bits per heavy atom. The zero-order valence-electron chi connectivity index (χ0n) is 14.8. The first-order valence-corrected chi connectivity index (χ1v) is 9.04. The van der Waals surface area contributed by atoms with E-state index in [1.807, 2.05) is 6.92 Å². The molecule has 0 aliphatic heterocycles. The molecule has 9 heteroatoms. The third-order valence-corrected chi connectivity index (χ3v) is 5.26. The van der Waals surface area contributed by atoms with E-state index >= 15 is 0 Å². The predicted octanol–water partition coefficient (Wildman–Crippen LogP) is -1.91. The van der Waals surface area contributed by atoms with Gasteiger partial charge in [-0.05, 0) is 13.3 Å². The van der Waals surface area contributed by atoms with Gasteiger partial charge in [-0.15, -0.1) is 0 Å². The number of unbranched alkanes of at least 4 members (excludes halogenated alkanes) is 3. The van der Waals surface area contributed by atoms with Crippen molar-refractivity contribution in [3.05, 3.63) is 12.2 Å². The number of esters is 1. The van der Waals surface area contributed by atoms with Crippen LogP contribution in [0.2, 0.25) is 0 Å². The fourth-order valence-corrected chi connectivity index (χ4v) is 3.44. The van der Waals surface area contributed by atoms with Gasteiger partial charge >= 0.3 is 35.5 Å². The monoisotopic (exact) mass is 372 g/mol. The summed E-state index contributed by atoms with van der Waals surface area (Å²) in [5.41, 5.74) is 0. The fraction of sp³-hybridized carbons (Fsp3) is 0.733. The van der Waals surface area contributed by atoms with Crippen LogP contribution in [0.5, 0.6) is 0 Å². The van der Waals surface area contributed by atoms with Crippen LogP contribution in [0, 0.1) is 5.92 Å². The molecule has 0 aliphatic carbocycles. The molecule has 0 amide bonds. The smallest absolute Gasteiger partial charge is 0.550 e. The molecule has 0 bridgehead atoms. The summed E-state index contributed by atoms with van der Waals surface area (Å²) in [6.45, 7) is 4.88. The van der Waals surface area contributed by atoms with Gasteiger partial charge in [-0.25, -0.2) is 0 Å². The molecule has 0 heterocycles. The molecule has 0 aromatic heterocycles. The van der Waals surface area contributed by atoms with Crippen LogP contribution < -0.4 is 34.7 Å². The summed E-state index contributed by atoms with van der Waals surface area (Å²) in [6.07, 6.45) is 4.87. The molecule has 1 N–H and O–H groups in total. The van der Waals surface area contributed by atoms with Crippen molar-refractivity contribution >= 4 is 22.1 Å². The Bertz CT molecular complexity index is 530. The van der Waals surface area contributed by atoms with Gasteiger partial charge in [0, 0.05) is 18.3 Å². The number of rotatable bonds is 11. The van der Waals surface area contributed by atoms with E-state index in [2.05, 4.69) is 0 Å². The van der Waals surface area contributed by atoms with Gasteiger partial charge in [0.05, 0.1) is 6.61 Å². The molecule has 0 saturated heterocycles. The van der Waals surface area contributed by atoms with E-state index in [1.165, 1.54) is 19.1 Å². The van der Waals surface area contributed by atoms with E-state index in [1.54, 1.807) is 6.92 Å². The van der Waals surface area contributed by atoms with Gasteiger partial charge in [0.25, 0.3) is 10.1 Å². The van der Waals surface area contributed by atoms with Gasteiger partial charge in [-0.2, -0.15) is 8.42 Å². The molecular weight excluding hydrogens is 347 g/mol. The largest absolute Gasteiger partial charge is 1.00 e. The average molecular weight is 372 g/mol. The SMILES string of the molecule is CC=CC(C)C(CC(=O)[O-])(C(=O)OCCCCCC)S(=O)(=O)O.[Na+]. The van der Waals surface area contributed by atoms with Gasteiger partial charge in [0.15, 0.2) is 0 Å². The van der Waals surface area contributed by atoms with E-state index in [4.69, 9.17) is 4.74 Å². The summed E-state index contributed by atoms with van der Waals surface area (Å²) in [7, 11) is -5.04. The number of hydrogen-bond donors (Lipinski definition) is 1. The maximum atomic E-state index is 12.3. The van der Waals surface area contributed by atoms with Crippen molar-refractivity contribution in [2.75, 3.05) is 6.61 Å². The zero-order chi connectivity index (χ0) is 18.1. The van der Waals surface area contributed by atoms with Crippen molar-refractivity contribution in [2.45, 2.75) is 57.6 Å². The van der Waals surface area contributed by atoms with Crippen molar-refractivity contribution in [1.82, 2.24) is 0 Å². The summed E-state index contributed by atoms with van der Waals surface area (Å²) >= 11 is 0. The molecule has 2 atom stereocenters. The molecule has 2 unspecified atom stereocenters. The van der Waals surface area contributed by atoms with E-state index in [9.17, 15) is 27.7 Å². The van der Waals surface area contributed by atoms with Crippen molar-refractivity contribution in [2.24, 2.45) is 5.92 Å². The third-order valence-electron chi connectivity index (χ3n) is 3.66. The van der Waals surface area contributed by atoms with Crippen molar-refractivity contribution in [3.8, 4) is 0 Å². The first-order valence-electron chi connectivity index (χ1n) is 7.60. The van der Waals surface area contributed by atoms with Gasteiger partial charge in [0.1, 0.15) is 0 Å². The van der Waals surface area contributed by atoms with Gasteiger partial charge in [-0.3, -0.25) is 9.35 Å². The van der Waals surface area contributed by atoms with Crippen molar-refractivity contribution < 1.29 is 62.0 Å². The van der Waals surface area contributed by atoms with Crippen molar-refractivity contribution in [3.63, 3.8) is 0 Å². The quantitative estimate of drug-likeness (QED) is 0.148. The minimum Gasteiger partial charge on any atom is -0.550 e. The third kappa shape index (κ3) is 7.23. The molecule has 134 valence electrons. The van der Waals surface area contributed by atoms with E-state index < -0.39 is 39.1 Å². The second kappa shape index (κ2) is 12.0. The molecule has 0 aromatic carbocycles. The number of carboxylic acids is 1. The van der Waals surface area contributed by atoms with Crippen molar-refractivity contribution in [1.29, 1.82) is 0 Å². The minimum atomic E-state index is -5.04. The number of carbonyl (C=O) groups excluding carboxylic acids is 2. The molecule has 0 rings (SSSR count). The van der Waals surface area contributed by atoms with Crippen LogP contribution in [0.25, 0.3) is 0 Å². The maximum Gasteiger partial charge on any atom is 1.00 e. The van der Waals surface area contributed by atoms with Crippen LogP contribution >= 0.6 is 0 Å². The first kappa shape index (κ1) is 25.8. The number of carbonyl (C=O) groups is 2. The topological polar surface area (TPSA) is 121 Å². The first-order chi connectivity index (χ1) is 10.6. The second-order valence-corrected chi connectivity index (χ2v) is 7.10. The average Bonchev–Trinajstić information content (AvgIpc) is 2.42. The number of hydrogen-bond acceptors (Lipinski definition) is 6. The van der Waals surface area contributed by atoms with Crippen LogP contribution in [0.15, 0.2) is 12.2 Å². The van der Waals surface area contributed by atoms with Crippen LogP contribution in [0.3, 0.4) is 0 Å². The summed E-state index contributed by atoms with van der Waals surface area (Å²) in [5, 5.41) is 11.0. The zero-order valence-corrected chi connectivity index (χ0v) is 17.6. The molecular formula is C15H25NaO7S. The number of ether oxygens (including phenoxy) is 1. The van der Waals surface area contributed by atoms with E-state index in [0.29, 0.717) is 6.42 Å². The minimum absolute atomic E-state index is 0. The molecule has 7 nitrogen and oxygen atoms in total. The van der Waals surface area contributed by atoms with Crippen LogP contribution in [0.4, 0.5) is 0 Å².